The largest absolute Gasteiger partial charge is 0.384 e. The zero-order valence-corrected chi connectivity index (χ0v) is 16.9. The highest BCUT2D eigenvalue weighted by Gasteiger charge is 2.42. The lowest BCUT2D eigenvalue weighted by atomic mass is 9.74. The second-order valence-electron chi connectivity index (χ2n) is 8.65. The highest BCUT2D eigenvalue weighted by molar-refractivity contribution is 5.60. The number of benzene rings is 1. The minimum Gasteiger partial charge on any atom is -0.384 e. The van der Waals surface area contributed by atoms with Crippen LogP contribution in [0.15, 0.2) is 36.7 Å². The van der Waals surface area contributed by atoms with Gasteiger partial charge in [0.2, 0.25) is 0 Å². The number of rotatable bonds is 3. The molecular weight excluding hydrogens is 346 g/mol. The molecule has 3 aliphatic heterocycles. The lowest BCUT2D eigenvalue weighted by Crippen LogP contribution is -2.51. The Morgan fingerprint density at radius 3 is 2.54 bits per heavy atom. The number of fused-ring (bicyclic) bond motifs is 2. The molecule has 0 bridgehead atoms. The van der Waals surface area contributed by atoms with E-state index in [4.69, 9.17) is 0 Å². The summed E-state index contributed by atoms with van der Waals surface area (Å²) in [4.78, 5) is 14.3. The normalized spacial score (nSPS) is 22.2. The number of aromatic nitrogens is 2. The number of hydrogen-bond donors (Lipinski definition) is 1. The fraction of sp³-hybridized carbons (Fsp3) is 0.565. The second-order valence-corrected chi connectivity index (χ2v) is 8.65. The maximum atomic E-state index is 4.62. The molecular formula is C23H31N5. The van der Waals surface area contributed by atoms with E-state index in [1.54, 1.807) is 5.56 Å². The highest BCUT2D eigenvalue weighted by atomic mass is 15.2. The van der Waals surface area contributed by atoms with Crippen molar-refractivity contribution >= 4 is 11.5 Å². The molecule has 0 radical (unpaired) electrons. The maximum Gasteiger partial charge on any atom is 0.147 e. The molecule has 2 aromatic rings. The van der Waals surface area contributed by atoms with E-state index in [0.29, 0.717) is 5.41 Å². The van der Waals surface area contributed by atoms with Crippen LogP contribution >= 0.6 is 0 Å². The molecule has 0 aliphatic carbocycles. The van der Waals surface area contributed by atoms with Gasteiger partial charge in [0.1, 0.15) is 5.82 Å². The molecule has 5 heteroatoms. The fourth-order valence-electron chi connectivity index (χ4n) is 5.38. The quantitative estimate of drug-likeness (QED) is 0.887. The third kappa shape index (κ3) is 3.16. The Balaban J connectivity index is 1.17. The van der Waals surface area contributed by atoms with Crippen LogP contribution in [0.4, 0.5) is 11.5 Å². The van der Waals surface area contributed by atoms with Gasteiger partial charge in [0, 0.05) is 36.8 Å². The Hall–Kier alpha value is -2.14. The fourth-order valence-corrected chi connectivity index (χ4v) is 5.38. The summed E-state index contributed by atoms with van der Waals surface area (Å²) >= 11 is 0. The van der Waals surface area contributed by atoms with E-state index in [1.807, 2.05) is 12.4 Å². The first-order chi connectivity index (χ1) is 13.8. The van der Waals surface area contributed by atoms with Gasteiger partial charge in [-0.3, -0.25) is 4.98 Å². The van der Waals surface area contributed by atoms with Gasteiger partial charge in [-0.1, -0.05) is 25.1 Å². The van der Waals surface area contributed by atoms with Crippen LogP contribution in [-0.2, 0) is 11.8 Å². The molecule has 5 nitrogen and oxygen atoms in total. The Kier molecular flexibility index (Phi) is 4.71. The minimum absolute atomic E-state index is 0.365. The molecule has 4 heterocycles. The number of para-hydroxylation sites is 1. The predicted molar refractivity (Wildman–Crippen MR) is 114 cm³/mol. The number of nitrogens with zero attached hydrogens (tertiary/aromatic N) is 4. The van der Waals surface area contributed by atoms with E-state index >= 15 is 0 Å². The van der Waals surface area contributed by atoms with Gasteiger partial charge < -0.3 is 15.1 Å². The Morgan fingerprint density at radius 1 is 1.04 bits per heavy atom. The third-order valence-electron chi connectivity index (χ3n) is 7.23. The van der Waals surface area contributed by atoms with Crippen molar-refractivity contribution in [1.29, 1.82) is 0 Å². The van der Waals surface area contributed by atoms with E-state index < -0.39 is 0 Å². The van der Waals surface area contributed by atoms with Crippen molar-refractivity contribution in [3.63, 3.8) is 0 Å². The van der Waals surface area contributed by atoms with Crippen molar-refractivity contribution in [2.45, 2.75) is 50.5 Å². The molecule has 0 unspecified atom stereocenters. The zero-order chi connectivity index (χ0) is 19.0. The molecule has 148 valence electrons. The van der Waals surface area contributed by atoms with Gasteiger partial charge in [0.05, 0.1) is 18.1 Å². The molecule has 2 fully saturated rings. The first-order valence-electron chi connectivity index (χ1n) is 10.9. The maximum absolute atomic E-state index is 4.62. The molecule has 5 rings (SSSR count). The van der Waals surface area contributed by atoms with Gasteiger partial charge in [-0.05, 0) is 56.8 Å². The smallest absolute Gasteiger partial charge is 0.147 e. The lowest BCUT2D eigenvalue weighted by molar-refractivity contribution is 0.106. The number of likely N-dealkylation sites (tertiary alicyclic amines) is 1. The average molecular weight is 378 g/mol. The summed E-state index contributed by atoms with van der Waals surface area (Å²) in [5.74, 6) is 1.04. The van der Waals surface area contributed by atoms with Gasteiger partial charge in [0.15, 0.2) is 0 Å². The zero-order valence-electron chi connectivity index (χ0n) is 16.9. The highest BCUT2D eigenvalue weighted by Crippen LogP contribution is 2.44. The number of nitrogens with one attached hydrogen (secondary N) is 1. The Labute approximate surface area is 168 Å². The molecule has 0 atom stereocenters. The van der Waals surface area contributed by atoms with Crippen molar-refractivity contribution in [2.24, 2.45) is 0 Å². The van der Waals surface area contributed by atoms with Crippen molar-refractivity contribution in [1.82, 2.24) is 14.9 Å². The van der Waals surface area contributed by atoms with Crippen molar-refractivity contribution in [2.75, 3.05) is 42.9 Å². The first kappa shape index (κ1) is 17.9. The average Bonchev–Trinajstić information content (AvgIpc) is 3.13. The summed E-state index contributed by atoms with van der Waals surface area (Å²) in [6.45, 7) is 7.88. The third-order valence-corrected chi connectivity index (χ3v) is 7.23. The molecule has 1 aromatic carbocycles. The summed E-state index contributed by atoms with van der Waals surface area (Å²) in [5, 5.41) is 3.65. The van der Waals surface area contributed by atoms with Crippen LogP contribution in [0.3, 0.4) is 0 Å². The van der Waals surface area contributed by atoms with Crippen molar-refractivity contribution < 1.29 is 0 Å². The summed E-state index contributed by atoms with van der Waals surface area (Å²) in [6.07, 6.45) is 9.86. The van der Waals surface area contributed by atoms with Gasteiger partial charge >= 0.3 is 0 Å². The Morgan fingerprint density at radius 2 is 1.82 bits per heavy atom. The van der Waals surface area contributed by atoms with Crippen LogP contribution in [0.25, 0.3) is 0 Å². The van der Waals surface area contributed by atoms with Crippen LogP contribution in [-0.4, -0.2) is 53.6 Å². The summed E-state index contributed by atoms with van der Waals surface area (Å²) in [7, 11) is 0. The number of piperidine rings is 2. The standard InChI is InChI=1S/C23H31N5/c1-2-18-15-25-22(16-24-18)28-11-7-19(8-12-28)27-13-9-23(10-14-27)17-26-21-6-4-3-5-20(21)23/h3-6,15-16,19,26H,2,7-14,17H2,1H3. The van der Waals surface area contributed by atoms with Gasteiger partial charge in [-0.15, -0.1) is 0 Å². The van der Waals surface area contributed by atoms with E-state index in [-0.39, 0.29) is 0 Å². The number of anilines is 2. The van der Waals surface area contributed by atoms with Crippen LogP contribution in [0.1, 0.15) is 43.9 Å². The van der Waals surface area contributed by atoms with Crippen molar-refractivity contribution in [3.05, 3.63) is 47.9 Å². The molecule has 1 aromatic heterocycles. The number of hydrogen-bond acceptors (Lipinski definition) is 5. The van der Waals surface area contributed by atoms with Crippen molar-refractivity contribution in [3.8, 4) is 0 Å². The second kappa shape index (κ2) is 7.36. The molecule has 0 saturated carbocycles. The molecule has 1 spiro atoms. The molecule has 3 aliphatic rings. The van der Waals surface area contributed by atoms with E-state index in [2.05, 4.69) is 56.3 Å². The summed E-state index contributed by atoms with van der Waals surface area (Å²) < 4.78 is 0. The van der Waals surface area contributed by atoms with E-state index in [9.17, 15) is 0 Å². The molecule has 2 saturated heterocycles. The minimum atomic E-state index is 0.365. The molecule has 1 N–H and O–H groups in total. The molecule has 0 amide bonds. The van der Waals surface area contributed by atoms with Crippen LogP contribution in [0, 0.1) is 0 Å². The van der Waals surface area contributed by atoms with Gasteiger partial charge in [-0.2, -0.15) is 0 Å². The SMILES string of the molecule is CCc1cnc(N2CCC(N3CCC4(CC3)CNc3ccccc34)CC2)cn1. The van der Waals surface area contributed by atoms with Crippen LogP contribution in [0.2, 0.25) is 0 Å². The lowest BCUT2D eigenvalue weighted by Gasteiger charge is -2.45. The summed E-state index contributed by atoms with van der Waals surface area (Å²) in [5.41, 5.74) is 4.35. The van der Waals surface area contributed by atoms with E-state index in [1.165, 1.54) is 44.5 Å². The summed E-state index contributed by atoms with van der Waals surface area (Å²) in [6, 6.07) is 9.65. The number of aryl methyl sites for hydroxylation is 1. The predicted octanol–water partition coefficient (Wildman–Crippen LogP) is 3.47. The molecule has 28 heavy (non-hydrogen) atoms. The Bertz CT molecular complexity index is 802. The van der Waals surface area contributed by atoms with Gasteiger partial charge in [0.25, 0.3) is 0 Å². The first-order valence-corrected chi connectivity index (χ1v) is 10.9. The monoisotopic (exact) mass is 377 g/mol. The van der Waals surface area contributed by atoms with E-state index in [0.717, 1.165) is 43.6 Å². The van der Waals surface area contributed by atoms with Crippen LogP contribution < -0.4 is 10.2 Å². The van der Waals surface area contributed by atoms with Crippen LogP contribution in [0.5, 0.6) is 0 Å². The topological polar surface area (TPSA) is 44.3 Å². The van der Waals surface area contributed by atoms with Gasteiger partial charge in [-0.25, -0.2) is 4.98 Å².